The Bertz CT molecular complexity index is 628. The monoisotopic (exact) mass is 340 g/mol. The second-order valence-electron chi connectivity index (χ2n) is 5.90. The Morgan fingerprint density at radius 3 is 2.70 bits per heavy atom. The fraction of sp³-hybridized carbons (Fsp3) is 0.562. The van der Waals surface area contributed by atoms with Gasteiger partial charge in [-0.25, -0.2) is 12.7 Å². The third-order valence-electron chi connectivity index (χ3n) is 4.04. The Balaban J connectivity index is 1.97. The molecule has 0 saturated carbocycles. The molecule has 128 valence electrons. The van der Waals surface area contributed by atoms with E-state index in [0.29, 0.717) is 31.5 Å². The molecular weight excluding hydrogens is 316 g/mol. The molecule has 0 radical (unpaired) electrons. The number of rotatable bonds is 6. The summed E-state index contributed by atoms with van der Waals surface area (Å²) in [7, 11) is -3.27. The van der Waals surface area contributed by atoms with Gasteiger partial charge in [0.2, 0.25) is 15.9 Å². The van der Waals surface area contributed by atoms with Crippen LogP contribution in [-0.4, -0.2) is 42.6 Å². The zero-order valence-corrected chi connectivity index (χ0v) is 14.2. The number of nitrogens with zero attached hydrogens (tertiary/aromatic N) is 1. The number of aromatic hydroxyl groups is 1. The highest BCUT2D eigenvalue weighted by atomic mass is 32.2. The van der Waals surface area contributed by atoms with Gasteiger partial charge in [0.1, 0.15) is 5.75 Å². The molecule has 1 aromatic carbocycles. The Kier molecular flexibility index (Phi) is 6.01. The van der Waals surface area contributed by atoms with Gasteiger partial charge >= 0.3 is 0 Å². The van der Waals surface area contributed by atoms with Crippen LogP contribution in [0.5, 0.6) is 5.75 Å². The maximum absolute atomic E-state index is 12.3. The minimum Gasteiger partial charge on any atom is -0.508 e. The van der Waals surface area contributed by atoms with Crippen LogP contribution in [0, 0.1) is 5.92 Å². The van der Waals surface area contributed by atoms with Crippen LogP contribution in [0.25, 0.3) is 0 Å². The number of nitrogens with one attached hydrogen (secondary N) is 1. The molecule has 1 atom stereocenters. The number of sulfonamides is 1. The minimum absolute atomic E-state index is 0.133. The summed E-state index contributed by atoms with van der Waals surface area (Å²) in [6.07, 6.45) is 2.85. The number of unbranched alkanes of at least 4 members (excludes halogenated alkanes) is 1. The summed E-state index contributed by atoms with van der Waals surface area (Å²) in [5, 5.41) is 12.0. The number of piperidine rings is 1. The summed E-state index contributed by atoms with van der Waals surface area (Å²) in [4.78, 5) is 12.3. The topological polar surface area (TPSA) is 86.7 Å². The van der Waals surface area contributed by atoms with Crippen LogP contribution in [-0.2, 0) is 14.8 Å². The number of hydrogen-bond acceptors (Lipinski definition) is 4. The molecule has 0 bridgehead atoms. The number of anilines is 1. The first kappa shape index (κ1) is 17.7. The lowest BCUT2D eigenvalue weighted by atomic mass is 9.99. The number of phenolic OH excluding ortho intramolecular Hbond substituents is 1. The SMILES string of the molecule is CCCCS(=O)(=O)N1CCC[C@H](C(=O)Nc2ccc(O)cc2)C1. The number of benzene rings is 1. The smallest absolute Gasteiger partial charge is 0.228 e. The standard InChI is InChI=1S/C16H24N2O4S/c1-2-3-11-23(21,22)18-10-4-5-13(12-18)16(20)17-14-6-8-15(19)9-7-14/h6-9,13,19H,2-5,10-12H2,1H3,(H,17,20)/t13-/m0/s1. The molecule has 1 fully saturated rings. The summed E-state index contributed by atoms with van der Waals surface area (Å²) in [6, 6.07) is 6.23. The molecule has 23 heavy (non-hydrogen) atoms. The van der Waals surface area contributed by atoms with Gasteiger partial charge in [-0.3, -0.25) is 4.79 Å². The third-order valence-corrected chi connectivity index (χ3v) is 5.96. The number of amides is 1. The summed E-state index contributed by atoms with van der Waals surface area (Å²) in [5.74, 6) is -0.232. The Hall–Kier alpha value is -1.60. The van der Waals surface area contributed by atoms with Crippen molar-refractivity contribution in [1.29, 1.82) is 0 Å². The normalized spacial score (nSPS) is 19.4. The number of carbonyl (C=O) groups is 1. The van der Waals surface area contributed by atoms with E-state index in [1.165, 1.54) is 16.4 Å². The minimum atomic E-state index is -3.27. The summed E-state index contributed by atoms with van der Waals surface area (Å²) in [6.45, 7) is 2.70. The van der Waals surface area contributed by atoms with Crippen molar-refractivity contribution in [2.45, 2.75) is 32.6 Å². The van der Waals surface area contributed by atoms with E-state index in [9.17, 15) is 18.3 Å². The van der Waals surface area contributed by atoms with Crippen LogP contribution in [0.1, 0.15) is 32.6 Å². The molecule has 1 aliphatic rings. The van der Waals surface area contributed by atoms with Crippen molar-refractivity contribution in [1.82, 2.24) is 4.31 Å². The highest BCUT2D eigenvalue weighted by Crippen LogP contribution is 2.22. The second-order valence-corrected chi connectivity index (χ2v) is 7.99. The quantitative estimate of drug-likeness (QED) is 0.777. The zero-order valence-electron chi connectivity index (χ0n) is 13.4. The molecule has 0 unspecified atom stereocenters. The van der Waals surface area contributed by atoms with Gasteiger partial charge in [0.05, 0.1) is 11.7 Å². The Morgan fingerprint density at radius 2 is 2.04 bits per heavy atom. The van der Waals surface area contributed by atoms with Crippen LogP contribution >= 0.6 is 0 Å². The van der Waals surface area contributed by atoms with Crippen LogP contribution in [0.2, 0.25) is 0 Å². The van der Waals surface area contributed by atoms with E-state index in [4.69, 9.17) is 0 Å². The van der Waals surface area contributed by atoms with E-state index in [-0.39, 0.29) is 29.9 Å². The third kappa shape index (κ3) is 4.94. The van der Waals surface area contributed by atoms with Crippen molar-refractivity contribution in [3.8, 4) is 5.75 Å². The lowest BCUT2D eigenvalue weighted by molar-refractivity contribution is -0.120. The predicted octanol–water partition coefficient (Wildman–Crippen LogP) is 2.17. The average Bonchev–Trinajstić information content (AvgIpc) is 2.55. The summed E-state index contributed by atoms with van der Waals surface area (Å²) in [5.41, 5.74) is 0.596. The van der Waals surface area contributed by atoms with Crippen molar-refractivity contribution in [3.63, 3.8) is 0 Å². The lowest BCUT2D eigenvalue weighted by Crippen LogP contribution is -2.44. The highest BCUT2D eigenvalue weighted by Gasteiger charge is 2.31. The molecule has 0 aromatic heterocycles. The van der Waals surface area contributed by atoms with Gasteiger partial charge < -0.3 is 10.4 Å². The van der Waals surface area contributed by atoms with Crippen molar-refractivity contribution in [2.24, 2.45) is 5.92 Å². The highest BCUT2D eigenvalue weighted by molar-refractivity contribution is 7.89. The largest absolute Gasteiger partial charge is 0.508 e. The van der Waals surface area contributed by atoms with E-state index in [1.54, 1.807) is 12.1 Å². The van der Waals surface area contributed by atoms with Crippen molar-refractivity contribution in [2.75, 3.05) is 24.2 Å². The van der Waals surface area contributed by atoms with Crippen LogP contribution in [0.15, 0.2) is 24.3 Å². The number of carbonyl (C=O) groups excluding carboxylic acids is 1. The molecule has 7 heteroatoms. The van der Waals surface area contributed by atoms with Gasteiger partial charge in [0, 0.05) is 18.8 Å². The van der Waals surface area contributed by atoms with Crippen LogP contribution < -0.4 is 5.32 Å². The number of hydrogen-bond donors (Lipinski definition) is 2. The predicted molar refractivity (Wildman–Crippen MR) is 89.7 cm³/mol. The van der Waals surface area contributed by atoms with Gasteiger partial charge in [0.25, 0.3) is 0 Å². The fourth-order valence-corrected chi connectivity index (χ4v) is 4.38. The Morgan fingerprint density at radius 1 is 1.35 bits per heavy atom. The van der Waals surface area contributed by atoms with E-state index >= 15 is 0 Å². The molecule has 1 heterocycles. The van der Waals surface area contributed by atoms with Crippen molar-refractivity contribution < 1.29 is 18.3 Å². The van der Waals surface area contributed by atoms with E-state index in [0.717, 1.165) is 6.42 Å². The summed E-state index contributed by atoms with van der Waals surface area (Å²) >= 11 is 0. The van der Waals surface area contributed by atoms with Crippen LogP contribution in [0.3, 0.4) is 0 Å². The first-order valence-electron chi connectivity index (χ1n) is 8.00. The lowest BCUT2D eigenvalue weighted by Gasteiger charge is -2.31. The fourth-order valence-electron chi connectivity index (χ4n) is 2.65. The van der Waals surface area contributed by atoms with Gasteiger partial charge in [-0.2, -0.15) is 0 Å². The van der Waals surface area contributed by atoms with E-state index in [2.05, 4.69) is 5.32 Å². The molecule has 6 nitrogen and oxygen atoms in total. The average molecular weight is 340 g/mol. The van der Waals surface area contributed by atoms with Crippen molar-refractivity contribution >= 4 is 21.6 Å². The molecule has 1 aromatic rings. The first-order chi connectivity index (χ1) is 10.9. The van der Waals surface area contributed by atoms with Crippen molar-refractivity contribution in [3.05, 3.63) is 24.3 Å². The maximum Gasteiger partial charge on any atom is 0.228 e. The molecule has 2 rings (SSSR count). The number of phenols is 1. The van der Waals surface area contributed by atoms with Gasteiger partial charge in [-0.05, 0) is 43.5 Å². The van der Waals surface area contributed by atoms with Crippen LogP contribution in [0.4, 0.5) is 5.69 Å². The molecule has 2 N–H and O–H groups in total. The second kappa shape index (κ2) is 7.79. The zero-order chi connectivity index (χ0) is 16.9. The van der Waals surface area contributed by atoms with Gasteiger partial charge in [-0.15, -0.1) is 0 Å². The molecular formula is C16H24N2O4S. The molecule has 1 aliphatic heterocycles. The molecule has 1 saturated heterocycles. The van der Waals surface area contributed by atoms with Gasteiger partial charge in [0.15, 0.2) is 0 Å². The van der Waals surface area contributed by atoms with E-state index < -0.39 is 10.0 Å². The first-order valence-corrected chi connectivity index (χ1v) is 9.61. The van der Waals surface area contributed by atoms with Gasteiger partial charge in [-0.1, -0.05) is 13.3 Å². The molecule has 1 amide bonds. The Labute approximate surface area is 137 Å². The molecule has 0 spiro atoms. The molecule has 0 aliphatic carbocycles. The summed E-state index contributed by atoms with van der Waals surface area (Å²) < 4.78 is 26.0. The maximum atomic E-state index is 12.3. The van der Waals surface area contributed by atoms with E-state index in [1.807, 2.05) is 6.92 Å².